The number of ether oxygens (including phenoxy) is 2. The number of methoxy groups -OCH3 is 2. The van der Waals surface area contributed by atoms with Crippen molar-refractivity contribution in [3.63, 3.8) is 0 Å². The van der Waals surface area contributed by atoms with Gasteiger partial charge in [0.15, 0.2) is 0 Å². The zero-order valence-electron chi connectivity index (χ0n) is 12.4. The van der Waals surface area contributed by atoms with E-state index >= 15 is 0 Å². The van der Waals surface area contributed by atoms with Crippen molar-refractivity contribution < 1.29 is 27.0 Å². The molecule has 6 heteroatoms. The maximum Gasteiger partial charge on any atom is 0.417 e. The highest BCUT2D eigenvalue weighted by Gasteiger charge is 2.34. The molecule has 122 valence electrons. The van der Waals surface area contributed by atoms with Crippen LogP contribution in [0.25, 0.3) is 11.6 Å². The first kappa shape index (κ1) is 16.9. The predicted octanol–water partition coefficient (Wildman–Crippen LogP) is 4.95. The van der Waals surface area contributed by atoms with Gasteiger partial charge in [0, 0.05) is 6.07 Å². The fraction of sp³-hybridized carbons (Fsp3) is 0.176. The first-order chi connectivity index (χ1) is 10.8. The van der Waals surface area contributed by atoms with Gasteiger partial charge in [0.2, 0.25) is 0 Å². The molecule has 0 heterocycles. The van der Waals surface area contributed by atoms with E-state index in [-0.39, 0.29) is 11.1 Å². The summed E-state index contributed by atoms with van der Waals surface area (Å²) in [6, 6.07) is 8.62. The molecule has 0 bridgehead atoms. The highest BCUT2D eigenvalue weighted by atomic mass is 19.4. The topological polar surface area (TPSA) is 18.5 Å². The molecular formula is C17H14F4O2. The van der Waals surface area contributed by atoms with Crippen LogP contribution < -0.4 is 9.47 Å². The van der Waals surface area contributed by atoms with Gasteiger partial charge in [0.1, 0.15) is 17.3 Å². The zero-order valence-corrected chi connectivity index (χ0v) is 12.4. The Balaban J connectivity index is 2.55. The Kier molecular flexibility index (Phi) is 4.93. The molecule has 2 nitrogen and oxygen atoms in total. The lowest BCUT2D eigenvalue weighted by molar-refractivity contribution is -0.0683. The van der Waals surface area contributed by atoms with Crippen molar-refractivity contribution >= 4 is 11.6 Å². The van der Waals surface area contributed by atoms with Gasteiger partial charge in [-0.2, -0.15) is 13.2 Å². The van der Waals surface area contributed by atoms with E-state index in [2.05, 4.69) is 0 Å². The van der Waals surface area contributed by atoms with Crippen molar-refractivity contribution in [1.29, 1.82) is 0 Å². The molecule has 0 unspecified atom stereocenters. The molecule has 0 amide bonds. The average molecular weight is 326 g/mol. The summed E-state index contributed by atoms with van der Waals surface area (Å²) in [4.78, 5) is 0. The normalized spacial score (nSPS) is 12.2. The van der Waals surface area contributed by atoms with Gasteiger partial charge in [-0.1, -0.05) is 12.1 Å². The van der Waals surface area contributed by atoms with Crippen molar-refractivity contribution in [3.05, 3.63) is 59.4 Å². The number of allylic oxidation sites excluding steroid dienone is 1. The number of alkyl halides is 3. The Morgan fingerprint density at radius 2 is 1.43 bits per heavy atom. The summed E-state index contributed by atoms with van der Waals surface area (Å²) in [5.41, 5.74) is -0.744. The van der Waals surface area contributed by atoms with Gasteiger partial charge in [-0.05, 0) is 41.5 Å². The van der Waals surface area contributed by atoms with E-state index in [0.29, 0.717) is 11.5 Å². The van der Waals surface area contributed by atoms with Crippen LogP contribution in [0.2, 0.25) is 0 Å². The number of benzene rings is 2. The summed E-state index contributed by atoms with van der Waals surface area (Å²) in [5.74, 6) is 0.144. The lowest BCUT2D eigenvalue weighted by atomic mass is 10.0. The number of hydrogen-bond acceptors (Lipinski definition) is 2. The SMILES string of the molecule is COc1cc(/C=C(/c2ccc(F)cc2)C(F)(F)F)cc(OC)c1. The summed E-state index contributed by atoms with van der Waals surface area (Å²) in [7, 11) is 2.82. The van der Waals surface area contributed by atoms with Gasteiger partial charge >= 0.3 is 6.18 Å². The smallest absolute Gasteiger partial charge is 0.417 e. The molecule has 0 fully saturated rings. The monoisotopic (exact) mass is 326 g/mol. The summed E-state index contributed by atoms with van der Waals surface area (Å²) < 4.78 is 63.0. The second kappa shape index (κ2) is 6.73. The predicted molar refractivity (Wildman–Crippen MR) is 79.9 cm³/mol. The van der Waals surface area contributed by atoms with E-state index in [1.54, 1.807) is 6.07 Å². The molecule has 0 saturated heterocycles. The van der Waals surface area contributed by atoms with Gasteiger partial charge in [-0.15, -0.1) is 0 Å². The maximum atomic E-state index is 13.3. The van der Waals surface area contributed by atoms with Gasteiger partial charge in [0.05, 0.1) is 19.8 Å². The van der Waals surface area contributed by atoms with E-state index in [1.807, 2.05) is 0 Å². The third-order valence-electron chi connectivity index (χ3n) is 3.15. The van der Waals surface area contributed by atoms with Gasteiger partial charge in [-0.3, -0.25) is 0 Å². The molecule has 0 radical (unpaired) electrons. The minimum Gasteiger partial charge on any atom is -0.497 e. The average Bonchev–Trinajstić information content (AvgIpc) is 2.52. The van der Waals surface area contributed by atoms with Crippen LogP contribution in [0.3, 0.4) is 0 Å². The number of hydrogen-bond donors (Lipinski definition) is 0. The molecule has 2 aromatic rings. The minimum atomic E-state index is -4.59. The largest absolute Gasteiger partial charge is 0.497 e. The second-order valence-electron chi connectivity index (χ2n) is 4.71. The minimum absolute atomic E-state index is 0.124. The van der Waals surface area contributed by atoms with Crippen LogP contribution in [0.5, 0.6) is 11.5 Å². The van der Waals surface area contributed by atoms with Crippen LogP contribution in [0, 0.1) is 5.82 Å². The fourth-order valence-corrected chi connectivity index (χ4v) is 2.04. The third kappa shape index (κ3) is 4.25. The number of halogens is 4. The van der Waals surface area contributed by atoms with Gasteiger partial charge in [-0.25, -0.2) is 4.39 Å². The standard InChI is InChI=1S/C17H14F4O2/c1-22-14-7-11(8-15(10-14)23-2)9-16(17(19,20)21)12-3-5-13(18)6-4-12/h3-10H,1-2H3/b16-9-. The van der Waals surface area contributed by atoms with E-state index in [9.17, 15) is 17.6 Å². The highest BCUT2D eigenvalue weighted by molar-refractivity contribution is 5.84. The fourth-order valence-electron chi connectivity index (χ4n) is 2.04. The molecule has 0 spiro atoms. The van der Waals surface area contributed by atoms with Crippen LogP contribution in [-0.2, 0) is 0 Å². The van der Waals surface area contributed by atoms with Gasteiger partial charge in [0.25, 0.3) is 0 Å². The van der Waals surface area contributed by atoms with E-state index < -0.39 is 17.6 Å². The quantitative estimate of drug-likeness (QED) is 0.585. The summed E-state index contributed by atoms with van der Waals surface area (Å²) >= 11 is 0. The van der Waals surface area contributed by atoms with Crippen molar-refractivity contribution in [3.8, 4) is 11.5 Å². The molecule has 0 aliphatic rings. The molecule has 2 rings (SSSR count). The Morgan fingerprint density at radius 1 is 0.913 bits per heavy atom. The first-order valence-corrected chi connectivity index (χ1v) is 6.61. The van der Waals surface area contributed by atoms with Crippen LogP contribution in [0.15, 0.2) is 42.5 Å². The Labute approximate surface area is 131 Å². The Bertz CT molecular complexity index is 681. The molecule has 0 saturated carbocycles. The molecular weight excluding hydrogens is 312 g/mol. The highest BCUT2D eigenvalue weighted by Crippen LogP contribution is 2.36. The summed E-state index contributed by atoms with van der Waals surface area (Å²) in [6.45, 7) is 0. The van der Waals surface area contributed by atoms with Crippen molar-refractivity contribution in [2.75, 3.05) is 14.2 Å². The lowest BCUT2D eigenvalue weighted by Gasteiger charge is -2.13. The molecule has 0 aliphatic heterocycles. The number of rotatable bonds is 4. The second-order valence-corrected chi connectivity index (χ2v) is 4.71. The van der Waals surface area contributed by atoms with Crippen molar-refractivity contribution in [2.24, 2.45) is 0 Å². The van der Waals surface area contributed by atoms with E-state index in [4.69, 9.17) is 9.47 Å². The molecule has 0 aromatic heterocycles. The molecule has 0 aliphatic carbocycles. The molecule has 0 N–H and O–H groups in total. The van der Waals surface area contributed by atoms with Crippen LogP contribution in [0.4, 0.5) is 17.6 Å². The Morgan fingerprint density at radius 3 is 1.87 bits per heavy atom. The maximum absolute atomic E-state index is 13.3. The third-order valence-corrected chi connectivity index (χ3v) is 3.15. The van der Waals surface area contributed by atoms with Gasteiger partial charge < -0.3 is 9.47 Å². The van der Waals surface area contributed by atoms with Crippen LogP contribution in [0.1, 0.15) is 11.1 Å². The summed E-state index contributed by atoms with van der Waals surface area (Å²) in [6.07, 6.45) is -3.62. The zero-order chi connectivity index (χ0) is 17.0. The van der Waals surface area contributed by atoms with E-state index in [0.717, 1.165) is 30.3 Å². The summed E-state index contributed by atoms with van der Waals surface area (Å²) in [5, 5.41) is 0. The molecule has 23 heavy (non-hydrogen) atoms. The van der Waals surface area contributed by atoms with Crippen LogP contribution in [-0.4, -0.2) is 20.4 Å². The van der Waals surface area contributed by atoms with E-state index in [1.165, 1.54) is 26.4 Å². The van der Waals surface area contributed by atoms with Crippen molar-refractivity contribution in [2.45, 2.75) is 6.18 Å². The lowest BCUT2D eigenvalue weighted by Crippen LogP contribution is -2.10. The van der Waals surface area contributed by atoms with Crippen LogP contribution >= 0.6 is 0 Å². The first-order valence-electron chi connectivity index (χ1n) is 6.61. The molecule has 2 aromatic carbocycles. The molecule has 0 atom stereocenters. The Hall–Kier alpha value is -2.50. The van der Waals surface area contributed by atoms with Crippen molar-refractivity contribution in [1.82, 2.24) is 0 Å².